The number of thioether (sulfide) groups is 1. The van der Waals surface area contributed by atoms with Crippen LogP contribution in [0.1, 0.15) is 12.1 Å². The van der Waals surface area contributed by atoms with Gasteiger partial charge in [-0.25, -0.2) is 0 Å². The van der Waals surface area contributed by atoms with Gasteiger partial charge in [-0.15, -0.1) is 0 Å². The fourth-order valence-electron chi connectivity index (χ4n) is 1.51. The molecular formula is C11H11Cl2N3OS. The van der Waals surface area contributed by atoms with Crippen LogP contribution in [-0.4, -0.2) is 27.9 Å². The standard InChI is InChI=1S/C11H11Cl2N3OS/c12-8-6-9(18-10(8)13)11(17)14-5-3-7-2-1-4-15-16-7/h1-2,4,9H,3,5-6H2,(H,14,17). The molecule has 2 rings (SSSR count). The lowest BCUT2D eigenvalue weighted by Crippen LogP contribution is -2.33. The van der Waals surface area contributed by atoms with Crippen LogP contribution >= 0.6 is 35.0 Å². The molecule has 1 atom stereocenters. The lowest BCUT2D eigenvalue weighted by Gasteiger charge is -2.09. The Morgan fingerprint density at radius 1 is 1.56 bits per heavy atom. The van der Waals surface area contributed by atoms with E-state index in [4.69, 9.17) is 23.2 Å². The topological polar surface area (TPSA) is 54.9 Å². The summed E-state index contributed by atoms with van der Waals surface area (Å²) in [5.74, 6) is -0.0438. The van der Waals surface area contributed by atoms with E-state index in [0.29, 0.717) is 28.8 Å². The number of aromatic nitrogens is 2. The van der Waals surface area contributed by atoms with Crippen molar-refractivity contribution in [3.05, 3.63) is 33.4 Å². The van der Waals surface area contributed by atoms with E-state index < -0.39 is 0 Å². The van der Waals surface area contributed by atoms with Crippen LogP contribution in [0, 0.1) is 0 Å². The maximum absolute atomic E-state index is 11.8. The van der Waals surface area contributed by atoms with E-state index in [2.05, 4.69) is 15.5 Å². The van der Waals surface area contributed by atoms with Gasteiger partial charge in [0, 0.05) is 30.6 Å². The molecule has 1 unspecified atom stereocenters. The zero-order chi connectivity index (χ0) is 13.0. The first-order valence-corrected chi connectivity index (χ1v) is 7.05. The average Bonchev–Trinajstić information content (AvgIpc) is 2.71. The highest BCUT2D eigenvalue weighted by Crippen LogP contribution is 2.41. The van der Waals surface area contributed by atoms with Crippen LogP contribution in [0.25, 0.3) is 0 Å². The van der Waals surface area contributed by atoms with Crippen molar-refractivity contribution in [2.45, 2.75) is 18.1 Å². The number of nitrogens with zero attached hydrogens (tertiary/aromatic N) is 2. The van der Waals surface area contributed by atoms with Gasteiger partial charge in [0.15, 0.2) is 0 Å². The molecule has 0 spiro atoms. The predicted octanol–water partition coefficient (Wildman–Crippen LogP) is 2.29. The molecule has 0 saturated carbocycles. The molecule has 7 heteroatoms. The van der Waals surface area contributed by atoms with Gasteiger partial charge in [0.05, 0.1) is 15.3 Å². The van der Waals surface area contributed by atoms with Gasteiger partial charge in [-0.1, -0.05) is 35.0 Å². The van der Waals surface area contributed by atoms with Crippen molar-refractivity contribution in [3.63, 3.8) is 0 Å². The molecule has 0 bridgehead atoms. The van der Waals surface area contributed by atoms with Crippen molar-refractivity contribution < 1.29 is 4.79 Å². The molecule has 18 heavy (non-hydrogen) atoms. The van der Waals surface area contributed by atoms with E-state index in [-0.39, 0.29) is 11.2 Å². The highest BCUT2D eigenvalue weighted by atomic mass is 35.5. The summed E-state index contributed by atoms with van der Waals surface area (Å²) in [6, 6.07) is 3.69. The quantitative estimate of drug-likeness (QED) is 0.927. The number of rotatable bonds is 4. The van der Waals surface area contributed by atoms with E-state index in [9.17, 15) is 4.79 Å². The Morgan fingerprint density at radius 2 is 2.39 bits per heavy atom. The van der Waals surface area contributed by atoms with Crippen LogP contribution in [0.3, 0.4) is 0 Å². The number of allylic oxidation sites excluding steroid dienone is 1. The minimum absolute atomic E-state index is 0.0438. The Balaban J connectivity index is 1.73. The smallest absolute Gasteiger partial charge is 0.233 e. The van der Waals surface area contributed by atoms with Crippen LogP contribution < -0.4 is 5.32 Å². The minimum Gasteiger partial charge on any atom is -0.355 e. The second-order valence-corrected chi connectivity index (χ2v) is 6.02. The molecule has 96 valence electrons. The Bertz CT molecular complexity index is 453. The molecule has 1 aromatic heterocycles. The highest BCUT2D eigenvalue weighted by Gasteiger charge is 2.28. The zero-order valence-corrected chi connectivity index (χ0v) is 11.7. The maximum atomic E-state index is 11.8. The van der Waals surface area contributed by atoms with E-state index in [1.165, 1.54) is 11.8 Å². The van der Waals surface area contributed by atoms with Gasteiger partial charge in [0.2, 0.25) is 5.91 Å². The molecule has 1 aromatic rings. The molecule has 1 amide bonds. The van der Waals surface area contributed by atoms with E-state index in [1.54, 1.807) is 6.20 Å². The van der Waals surface area contributed by atoms with Gasteiger partial charge in [-0.3, -0.25) is 4.79 Å². The second kappa shape index (κ2) is 6.41. The van der Waals surface area contributed by atoms with Crippen molar-refractivity contribution >= 4 is 40.9 Å². The van der Waals surface area contributed by atoms with Crippen molar-refractivity contribution in [2.75, 3.05) is 6.54 Å². The molecule has 1 aliphatic heterocycles. The number of amides is 1. The molecule has 0 saturated heterocycles. The minimum atomic E-state index is -0.216. The monoisotopic (exact) mass is 303 g/mol. The first kappa shape index (κ1) is 13.6. The summed E-state index contributed by atoms with van der Waals surface area (Å²) in [5, 5.41) is 10.9. The molecule has 0 aliphatic carbocycles. The number of carbonyl (C=O) groups excluding carboxylic acids is 1. The van der Waals surface area contributed by atoms with Crippen LogP contribution in [0.2, 0.25) is 0 Å². The molecule has 1 aliphatic rings. The first-order valence-electron chi connectivity index (χ1n) is 5.42. The first-order chi connectivity index (χ1) is 8.66. The summed E-state index contributed by atoms with van der Waals surface area (Å²) < 4.78 is 0.519. The fraction of sp³-hybridized carbons (Fsp3) is 0.364. The number of carbonyl (C=O) groups is 1. The number of halogens is 2. The molecular weight excluding hydrogens is 293 g/mol. The third-order valence-corrected chi connectivity index (χ3v) is 4.59. The van der Waals surface area contributed by atoms with Crippen molar-refractivity contribution in [2.24, 2.45) is 0 Å². The van der Waals surface area contributed by atoms with Gasteiger partial charge in [-0.05, 0) is 12.1 Å². The van der Waals surface area contributed by atoms with E-state index in [0.717, 1.165) is 5.69 Å². The Kier molecular flexibility index (Phi) is 4.86. The second-order valence-electron chi connectivity index (χ2n) is 3.75. The maximum Gasteiger partial charge on any atom is 0.233 e. The van der Waals surface area contributed by atoms with E-state index >= 15 is 0 Å². The summed E-state index contributed by atoms with van der Waals surface area (Å²) in [6.07, 6.45) is 2.78. The van der Waals surface area contributed by atoms with Crippen LogP contribution in [0.15, 0.2) is 27.7 Å². The van der Waals surface area contributed by atoms with Crippen LogP contribution in [0.5, 0.6) is 0 Å². The Morgan fingerprint density at radius 3 is 3.00 bits per heavy atom. The molecule has 0 fully saturated rings. The van der Waals surface area contributed by atoms with Crippen molar-refractivity contribution in [1.29, 1.82) is 0 Å². The predicted molar refractivity (Wildman–Crippen MR) is 73.5 cm³/mol. The van der Waals surface area contributed by atoms with Gasteiger partial charge >= 0.3 is 0 Å². The molecule has 0 aromatic carbocycles. The summed E-state index contributed by atoms with van der Waals surface area (Å²) >= 11 is 13.0. The summed E-state index contributed by atoms with van der Waals surface area (Å²) in [4.78, 5) is 11.8. The molecule has 4 nitrogen and oxygen atoms in total. The largest absolute Gasteiger partial charge is 0.355 e. The Labute approximate surface area is 119 Å². The lowest BCUT2D eigenvalue weighted by molar-refractivity contribution is -0.120. The number of hydrogen-bond donors (Lipinski definition) is 1. The fourth-order valence-corrected chi connectivity index (χ4v) is 3.19. The third-order valence-electron chi connectivity index (χ3n) is 2.42. The molecule has 2 heterocycles. The summed E-state index contributed by atoms with van der Waals surface area (Å²) in [7, 11) is 0. The summed E-state index contributed by atoms with van der Waals surface area (Å²) in [5.41, 5.74) is 0.853. The Hall–Kier alpha value is -0.780. The van der Waals surface area contributed by atoms with Gasteiger partial charge in [0.25, 0.3) is 0 Å². The summed E-state index contributed by atoms with van der Waals surface area (Å²) in [6.45, 7) is 0.532. The van der Waals surface area contributed by atoms with Gasteiger partial charge in [-0.2, -0.15) is 10.2 Å². The molecule has 1 N–H and O–H groups in total. The van der Waals surface area contributed by atoms with Crippen LogP contribution in [0.4, 0.5) is 0 Å². The van der Waals surface area contributed by atoms with E-state index in [1.807, 2.05) is 12.1 Å². The third kappa shape index (κ3) is 3.60. The van der Waals surface area contributed by atoms with Gasteiger partial charge < -0.3 is 5.32 Å². The van der Waals surface area contributed by atoms with Crippen LogP contribution in [-0.2, 0) is 11.2 Å². The van der Waals surface area contributed by atoms with Crippen molar-refractivity contribution in [1.82, 2.24) is 15.5 Å². The van der Waals surface area contributed by atoms with Gasteiger partial charge in [0.1, 0.15) is 0 Å². The lowest BCUT2D eigenvalue weighted by atomic mass is 10.2. The number of hydrogen-bond acceptors (Lipinski definition) is 4. The highest BCUT2D eigenvalue weighted by molar-refractivity contribution is 8.06. The number of nitrogens with one attached hydrogen (secondary N) is 1. The normalized spacial score (nSPS) is 19.1. The average molecular weight is 304 g/mol. The van der Waals surface area contributed by atoms with Crippen molar-refractivity contribution in [3.8, 4) is 0 Å². The SMILES string of the molecule is O=C(NCCc1cccnn1)C1CC(Cl)=C(Cl)S1. The zero-order valence-electron chi connectivity index (χ0n) is 9.40. The molecule has 0 radical (unpaired) electrons.